The first-order valence-electron chi connectivity index (χ1n) is 9.22. The van der Waals surface area contributed by atoms with Gasteiger partial charge >= 0.3 is 27.2 Å². The third kappa shape index (κ3) is 4.57. The normalized spacial score (nSPS) is 20.7. The summed E-state index contributed by atoms with van der Waals surface area (Å²) in [6, 6.07) is 13.6. The average molecular weight is 484 g/mol. The van der Waals surface area contributed by atoms with Crippen molar-refractivity contribution < 1.29 is 48.4 Å². The standard InChI is InChI=1S/C20H18F6O5S/c1-18(21,22)19(23,24)20(25,26)32(27,28)31-16-9-7-14(8-10-16)17-29-11-15(12-30-17)13-5-3-2-4-6-13/h2-10,15,17H,11-12H2,1H3. The van der Waals surface area contributed by atoms with E-state index in [0.717, 1.165) is 17.7 Å². The Balaban J connectivity index is 1.67. The van der Waals surface area contributed by atoms with Crippen LogP contribution in [0.25, 0.3) is 0 Å². The van der Waals surface area contributed by atoms with Crippen LogP contribution in [0.15, 0.2) is 54.6 Å². The van der Waals surface area contributed by atoms with Gasteiger partial charge in [0.2, 0.25) is 0 Å². The van der Waals surface area contributed by atoms with E-state index in [9.17, 15) is 34.8 Å². The minimum absolute atomic E-state index is 0.0132. The summed E-state index contributed by atoms with van der Waals surface area (Å²) in [6.07, 6.45) is -0.842. The third-order valence-electron chi connectivity index (χ3n) is 4.76. The summed E-state index contributed by atoms with van der Waals surface area (Å²) in [5.74, 6) is -12.3. The third-order valence-corrected chi connectivity index (χ3v) is 6.05. The number of alkyl halides is 6. The van der Waals surface area contributed by atoms with Gasteiger partial charge in [-0.15, -0.1) is 0 Å². The number of halogens is 6. The van der Waals surface area contributed by atoms with Crippen molar-refractivity contribution in [2.24, 2.45) is 0 Å². The van der Waals surface area contributed by atoms with E-state index in [2.05, 4.69) is 4.18 Å². The molecule has 1 heterocycles. The molecule has 5 nitrogen and oxygen atoms in total. The topological polar surface area (TPSA) is 61.8 Å². The summed E-state index contributed by atoms with van der Waals surface area (Å²) in [6.45, 7) is 0.111. The van der Waals surface area contributed by atoms with Gasteiger partial charge in [0.15, 0.2) is 6.29 Å². The van der Waals surface area contributed by atoms with Crippen LogP contribution in [0.2, 0.25) is 0 Å². The van der Waals surface area contributed by atoms with Crippen molar-refractivity contribution in [3.8, 4) is 5.75 Å². The molecule has 0 amide bonds. The van der Waals surface area contributed by atoms with Crippen LogP contribution in [-0.2, 0) is 19.6 Å². The van der Waals surface area contributed by atoms with Crippen LogP contribution in [0.5, 0.6) is 5.75 Å². The van der Waals surface area contributed by atoms with Gasteiger partial charge in [-0.25, -0.2) is 0 Å². The van der Waals surface area contributed by atoms with Gasteiger partial charge in [0.1, 0.15) is 5.75 Å². The summed E-state index contributed by atoms with van der Waals surface area (Å²) in [7, 11) is -6.46. The molecule has 0 aliphatic carbocycles. The predicted octanol–water partition coefficient (Wildman–Crippen LogP) is 5.11. The van der Waals surface area contributed by atoms with Crippen LogP contribution in [0.4, 0.5) is 26.3 Å². The minimum Gasteiger partial charge on any atom is -0.378 e. The molecule has 1 fully saturated rings. The van der Waals surface area contributed by atoms with Gasteiger partial charge in [-0.3, -0.25) is 0 Å². The van der Waals surface area contributed by atoms with Gasteiger partial charge in [0, 0.05) is 18.4 Å². The highest BCUT2D eigenvalue weighted by Crippen LogP contribution is 2.48. The smallest absolute Gasteiger partial charge is 0.378 e. The van der Waals surface area contributed by atoms with E-state index in [1.807, 2.05) is 30.3 Å². The number of hydrogen-bond acceptors (Lipinski definition) is 5. The molecule has 2 aromatic carbocycles. The molecule has 12 heteroatoms. The highest BCUT2D eigenvalue weighted by Gasteiger charge is 2.76. The van der Waals surface area contributed by atoms with E-state index in [0.29, 0.717) is 18.8 Å². The van der Waals surface area contributed by atoms with Gasteiger partial charge in [-0.2, -0.15) is 34.8 Å². The summed E-state index contributed by atoms with van der Waals surface area (Å²) >= 11 is 0. The minimum atomic E-state index is -6.46. The Morgan fingerprint density at radius 1 is 0.844 bits per heavy atom. The molecule has 0 atom stereocenters. The molecule has 2 aromatic rings. The molecule has 0 unspecified atom stereocenters. The Morgan fingerprint density at radius 3 is 1.88 bits per heavy atom. The maximum absolute atomic E-state index is 13.7. The summed E-state index contributed by atoms with van der Waals surface area (Å²) in [5, 5.41) is -6.18. The molecule has 1 aliphatic heterocycles. The molecule has 0 aromatic heterocycles. The molecule has 176 valence electrons. The van der Waals surface area contributed by atoms with Gasteiger partial charge in [-0.1, -0.05) is 42.5 Å². The maximum atomic E-state index is 13.7. The second-order valence-electron chi connectivity index (χ2n) is 7.19. The van der Waals surface area contributed by atoms with Gasteiger partial charge in [-0.05, 0) is 17.7 Å². The fraction of sp³-hybridized carbons (Fsp3) is 0.400. The lowest BCUT2D eigenvalue weighted by molar-refractivity contribution is -0.272. The molecule has 1 saturated heterocycles. The van der Waals surface area contributed by atoms with E-state index in [4.69, 9.17) is 9.47 Å². The Kier molecular flexibility index (Phi) is 6.51. The lowest BCUT2D eigenvalue weighted by Crippen LogP contribution is -2.57. The lowest BCUT2D eigenvalue weighted by Gasteiger charge is -2.30. The molecule has 0 saturated carbocycles. The van der Waals surface area contributed by atoms with Gasteiger partial charge in [0.05, 0.1) is 13.2 Å². The van der Waals surface area contributed by atoms with E-state index in [1.165, 1.54) is 12.1 Å². The van der Waals surface area contributed by atoms with Crippen molar-refractivity contribution in [3.05, 3.63) is 65.7 Å². The van der Waals surface area contributed by atoms with Crippen molar-refractivity contribution in [3.63, 3.8) is 0 Å². The highest BCUT2D eigenvalue weighted by atomic mass is 32.2. The van der Waals surface area contributed by atoms with Crippen molar-refractivity contribution >= 4 is 10.1 Å². The van der Waals surface area contributed by atoms with E-state index in [-0.39, 0.29) is 5.92 Å². The summed E-state index contributed by atoms with van der Waals surface area (Å²) < 4.78 is 118. The molecular formula is C20H18F6O5S. The SMILES string of the molecule is CC(F)(F)C(F)(F)C(F)(F)S(=O)(=O)Oc1ccc(C2OCC(c3ccccc3)CO2)cc1. The zero-order valence-corrected chi connectivity index (χ0v) is 17.3. The van der Waals surface area contributed by atoms with Crippen LogP contribution in [0.1, 0.15) is 30.3 Å². The summed E-state index contributed by atoms with van der Waals surface area (Å²) in [4.78, 5) is 0. The Bertz CT molecular complexity index is 1010. The first-order chi connectivity index (χ1) is 14.8. The van der Waals surface area contributed by atoms with Crippen molar-refractivity contribution in [2.45, 2.75) is 36.2 Å². The highest BCUT2D eigenvalue weighted by molar-refractivity contribution is 7.88. The van der Waals surface area contributed by atoms with Crippen LogP contribution < -0.4 is 4.18 Å². The molecule has 0 spiro atoms. The number of hydrogen-bond donors (Lipinski definition) is 0. The fourth-order valence-electron chi connectivity index (χ4n) is 2.89. The van der Waals surface area contributed by atoms with Crippen LogP contribution in [0.3, 0.4) is 0 Å². The number of rotatable bonds is 7. The Labute approximate surface area is 180 Å². The first-order valence-corrected chi connectivity index (χ1v) is 10.6. The summed E-state index contributed by atoms with van der Waals surface area (Å²) in [5.41, 5.74) is 1.38. The van der Waals surface area contributed by atoms with Crippen molar-refractivity contribution in [1.82, 2.24) is 0 Å². The van der Waals surface area contributed by atoms with E-state index >= 15 is 0 Å². The predicted molar refractivity (Wildman–Crippen MR) is 100 cm³/mol. The molecular weight excluding hydrogens is 466 g/mol. The van der Waals surface area contributed by atoms with Crippen LogP contribution >= 0.6 is 0 Å². The van der Waals surface area contributed by atoms with Crippen molar-refractivity contribution in [1.29, 1.82) is 0 Å². The molecule has 32 heavy (non-hydrogen) atoms. The molecule has 0 radical (unpaired) electrons. The lowest BCUT2D eigenvalue weighted by atomic mass is 10.0. The first kappa shape index (κ1) is 24.3. The van der Waals surface area contributed by atoms with Crippen LogP contribution in [0, 0.1) is 0 Å². The monoisotopic (exact) mass is 484 g/mol. The van der Waals surface area contributed by atoms with Crippen molar-refractivity contribution in [2.75, 3.05) is 13.2 Å². The van der Waals surface area contributed by atoms with E-state index in [1.54, 1.807) is 0 Å². The maximum Gasteiger partial charge on any atom is 0.449 e. The zero-order chi connectivity index (χ0) is 23.8. The quantitative estimate of drug-likeness (QED) is 0.404. The van der Waals surface area contributed by atoms with E-state index < -0.39 is 46.2 Å². The largest absolute Gasteiger partial charge is 0.449 e. The molecule has 3 rings (SSSR count). The number of ether oxygens (including phenoxy) is 2. The van der Waals surface area contributed by atoms with Gasteiger partial charge < -0.3 is 13.7 Å². The Hall–Kier alpha value is -2.31. The Morgan fingerprint density at radius 2 is 1.38 bits per heavy atom. The van der Waals surface area contributed by atoms with Gasteiger partial charge in [0.25, 0.3) is 0 Å². The number of benzene rings is 2. The average Bonchev–Trinajstić information content (AvgIpc) is 2.74. The molecule has 1 aliphatic rings. The fourth-order valence-corrected chi connectivity index (χ4v) is 3.85. The molecule has 0 bridgehead atoms. The second-order valence-corrected chi connectivity index (χ2v) is 8.78. The zero-order valence-electron chi connectivity index (χ0n) is 16.5. The van der Waals surface area contributed by atoms with Crippen LogP contribution in [-0.4, -0.2) is 38.7 Å². The molecule has 0 N–H and O–H groups in total. The second kappa shape index (κ2) is 8.56.